The minimum atomic E-state index is 0.0905. The summed E-state index contributed by atoms with van der Waals surface area (Å²) in [6.07, 6.45) is 0. The molecule has 0 amide bonds. The fourth-order valence-electron chi connectivity index (χ4n) is 1.97. The van der Waals surface area contributed by atoms with Gasteiger partial charge in [0.15, 0.2) is 0 Å². The quantitative estimate of drug-likeness (QED) is 0.629. The predicted octanol–water partition coefficient (Wildman–Crippen LogP) is 4.65. The molecule has 2 aromatic carbocycles. The molecule has 0 bridgehead atoms. The second kappa shape index (κ2) is 5.21. The zero-order valence-electron chi connectivity index (χ0n) is 10.2. The van der Waals surface area contributed by atoms with Gasteiger partial charge in [-0.25, -0.2) is 0 Å². The van der Waals surface area contributed by atoms with Crippen LogP contribution in [0.2, 0.25) is 0 Å². The van der Waals surface area contributed by atoms with E-state index >= 15 is 0 Å². The van der Waals surface area contributed by atoms with Crippen LogP contribution in [0.4, 0.5) is 0 Å². The average Bonchev–Trinajstić information content (AvgIpc) is 2.98. The normalized spacial score (nSPS) is 10.3. The fourth-order valence-corrected chi connectivity index (χ4v) is 2.85. The Labute approximate surface area is 116 Å². The van der Waals surface area contributed by atoms with Gasteiger partial charge in [0.05, 0.1) is 4.88 Å². The summed E-state index contributed by atoms with van der Waals surface area (Å²) in [6, 6.07) is 21.5. The van der Waals surface area contributed by atoms with Crippen LogP contribution in [0.1, 0.15) is 15.2 Å². The maximum atomic E-state index is 12.3. The van der Waals surface area contributed by atoms with E-state index in [4.69, 9.17) is 0 Å². The van der Waals surface area contributed by atoms with Crippen LogP contribution >= 0.6 is 11.3 Å². The van der Waals surface area contributed by atoms with Gasteiger partial charge in [0.25, 0.3) is 0 Å². The summed E-state index contributed by atoms with van der Waals surface area (Å²) < 4.78 is 0. The van der Waals surface area contributed by atoms with E-state index in [0.29, 0.717) is 0 Å². The number of hydrogen-bond donors (Lipinski definition) is 0. The molecule has 1 heterocycles. The van der Waals surface area contributed by atoms with Gasteiger partial charge < -0.3 is 0 Å². The van der Waals surface area contributed by atoms with Crippen molar-refractivity contribution in [1.82, 2.24) is 0 Å². The molecule has 0 fully saturated rings. The third-order valence-electron chi connectivity index (χ3n) is 2.97. The molecule has 0 radical (unpaired) electrons. The number of benzene rings is 2. The molecular formula is C17H12OS. The van der Waals surface area contributed by atoms with E-state index in [9.17, 15) is 4.79 Å². The molecule has 0 aliphatic carbocycles. The average molecular weight is 264 g/mol. The molecule has 0 saturated heterocycles. The number of hydrogen-bond acceptors (Lipinski definition) is 2. The highest BCUT2D eigenvalue weighted by Gasteiger charge is 2.11. The Morgan fingerprint density at radius 1 is 0.789 bits per heavy atom. The summed E-state index contributed by atoms with van der Waals surface area (Å²) in [4.78, 5) is 13.1. The van der Waals surface area contributed by atoms with Crippen LogP contribution < -0.4 is 0 Å². The summed E-state index contributed by atoms with van der Waals surface area (Å²) in [5.41, 5.74) is 2.99. The van der Waals surface area contributed by atoms with Gasteiger partial charge >= 0.3 is 0 Å². The summed E-state index contributed by atoms with van der Waals surface area (Å²) in [6.45, 7) is 0. The third kappa shape index (κ3) is 2.49. The Bertz CT molecular complexity index is 684. The van der Waals surface area contributed by atoms with Crippen molar-refractivity contribution < 1.29 is 4.79 Å². The second-order valence-corrected chi connectivity index (χ2v) is 5.17. The molecule has 3 rings (SSSR count). The molecule has 3 aromatic rings. The standard InChI is InChI=1S/C17H12OS/c18-17(14-9-5-2-6-10-14)16-11-15(12-19-16)13-7-3-1-4-8-13/h1-12H. The molecule has 1 nitrogen and oxygen atoms in total. The Hall–Kier alpha value is -2.19. The van der Waals surface area contributed by atoms with Crippen LogP contribution in [0.3, 0.4) is 0 Å². The molecule has 0 saturated carbocycles. The fraction of sp³-hybridized carbons (Fsp3) is 0. The molecule has 1 aromatic heterocycles. The molecule has 2 heteroatoms. The van der Waals surface area contributed by atoms with Crippen molar-refractivity contribution in [2.24, 2.45) is 0 Å². The Kier molecular flexibility index (Phi) is 3.25. The van der Waals surface area contributed by atoms with Gasteiger partial charge in [-0.2, -0.15) is 0 Å². The number of carbonyl (C=O) groups excluding carboxylic acids is 1. The van der Waals surface area contributed by atoms with E-state index in [0.717, 1.165) is 21.6 Å². The van der Waals surface area contributed by atoms with E-state index in [1.807, 2.05) is 60.0 Å². The van der Waals surface area contributed by atoms with Crippen molar-refractivity contribution in [2.45, 2.75) is 0 Å². The third-order valence-corrected chi connectivity index (χ3v) is 3.90. The SMILES string of the molecule is O=C(c1ccccc1)c1cc(-c2ccccc2)cs1. The minimum absolute atomic E-state index is 0.0905. The van der Waals surface area contributed by atoms with Gasteiger partial charge in [-0.1, -0.05) is 60.7 Å². The maximum absolute atomic E-state index is 12.3. The number of rotatable bonds is 3. The van der Waals surface area contributed by atoms with Crippen molar-refractivity contribution in [3.05, 3.63) is 82.6 Å². The van der Waals surface area contributed by atoms with Gasteiger partial charge in [0.1, 0.15) is 0 Å². The first-order valence-electron chi connectivity index (χ1n) is 6.08. The highest BCUT2D eigenvalue weighted by atomic mass is 32.1. The summed E-state index contributed by atoms with van der Waals surface area (Å²) in [7, 11) is 0. The second-order valence-electron chi connectivity index (χ2n) is 4.26. The highest BCUT2D eigenvalue weighted by molar-refractivity contribution is 7.12. The summed E-state index contributed by atoms with van der Waals surface area (Å²) >= 11 is 1.50. The lowest BCUT2D eigenvalue weighted by molar-refractivity contribution is 0.104. The van der Waals surface area contributed by atoms with E-state index in [1.54, 1.807) is 0 Å². The first kappa shape index (κ1) is 11.9. The van der Waals surface area contributed by atoms with E-state index in [1.165, 1.54) is 11.3 Å². The van der Waals surface area contributed by atoms with Gasteiger partial charge in [-0.15, -0.1) is 11.3 Å². The molecule has 92 valence electrons. The monoisotopic (exact) mass is 264 g/mol. The molecular weight excluding hydrogens is 252 g/mol. The van der Waals surface area contributed by atoms with Crippen molar-refractivity contribution >= 4 is 17.1 Å². The topological polar surface area (TPSA) is 17.1 Å². The van der Waals surface area contributed by atoms with Crippen LogP contribution in [0.5, 0.6) is 0 Å². The Morgan fingerprint density at radius 3 is 2.11 bits per heavy atom. The van der Waals surface area contributed by atoms with Gasteiger partial charge in [0, 0.05) is 5.56 Å². The zero-order chi connectivity index (χ0) is 13.1. The van der Waals surface area contributed by atoms with Crippen LogP contribution in [0.25, 0.3) is 11.1 Å². The van der Waals surface area contributed by atoms with Crippen molar-refractivity contribution in [2.75, 3.05) is 0 Å². The summed E-state index contributed by atoms with van der Waals surface area (Å²) in [5.74, 6) is 0.0905. The van der Waals surface area contributed by atoms with Gasteiger partial charge in [-0.3, -0.25) is 4.79 Å². The molecule has 0 aliphatic heterocycles. The van der Waals surface area contributed by atoms with Gasteiger partial charge in [-0.05, 0) is 22.6 Å². The predicted molar refractivity (Wildman–Crippen MR) is 79.6 cm³/mol. The van der Waals surface area contributed by atoms with Crippen molar-refractivity contribution in [3.63, 3.8) is 0 Å². The highest BCUT2D eigenvalue weighted by Crippen LogP contribution is 2.26. The molecule has 0 unspecified atom stereocenters. The minimum Gasteiger partial charge on any atom is -0.288 e. The van der Waals surface area contributed by atoms with Crippen LogP contribution in [-0.2, 0) is 0 Å². The maximum Gasteiger partial charge on any atom is 0.202 e. The van der Waals surface area contributed by atoms with E-state index in [-0.39, 0.29) is 5.78 Å². The van der Waals surface area contributed by atoms with E-state index < -0.39 is 0 Å². The molecule has 19 heavy (non-hydrogen) atoms. The zero-order valence-corrected chi connectivity index (χ0v) is 11.1. The molecule has 0 spiro atoms. The Morgan fingerprint density at radius 2 is 1.42 bits per heavy atom. The smallest absolute Gasteiger partial charge is 0.202 e. The number of carbonyl (C=O) groups is 1. The van der Waals surface area contributed by atoms with Crippen molar-refractivity contribution in [3.8, 4) is 11.1 Å². The largest absolute Gasteiger partial charge is 0.288 e. The van der Waals surface area contributed by atoms with Gasteiger partial charge in [0.2, 0.25) is 5.78 Å². The molecule has 0 aliphatic rings. The van der Waals surface area contributed by atoms with E-state index in [2.05, 4.69) is 12.1 Å². The van der Waals surface area contributed by atoms with Crippen LogP contribution in [0.15, 0.2) is 72.1 Å². The van der Waals surface area contributed by atoms with Crippen LogP contribution in [-0.4, -0.2) is 5.78 Å². The Balaban J connectivity index is 1.92. The number of ketones is 1. The summed E-state index contributed by atoms with van der Waals surface area (Å²) in [5, 5.41) is 2.03. The lowest BCUT2D eigenvalue weighted by Gasteiger charge is -1.97. The lowest BCUT2D eigenvalue weighted by Crippen LogP contribution is -1.97. The lowest BCUT2D eigenvalue weighted by atomic mass is 10.1. The first-order valence-corrected chi connectivity index (χ1v) is 6.96. The molecule has 0 atom stereocenters. The van der Waals surface area contributed by atoms with Crippen molar-refractivity contribution in [1.29, 1.82) is 0 Å². The van der Waals surface area contributed by atoms with Crippen LogP contribution in [0, 0.1) is 0 Å². The molecule has 0 N–H and O–H groups in total. The first-order chi connectivity index (χ1) is 9.34. The number of thiophene rings is 1.